The van der Waals surface area contributed by atoms with Crippen molar-refractivity contribution in [2.45, 2.75) is 0 Å². The van der Waals surface area contributed by atoms with Gasteiger partial charge in [0.15, 0.2) is 0 Å². The van der Waals surface area contributed by atoms with E-state index in [9.17, 15) is 5.11 Å². The first-order chi connectivity index (χ1) is 9.10. The second-order valence-corrected chi connectivity index (χ2v) is 4.63. The average molecular weight is 296 g/mol. The molecule has 0 fully saturated rings. The lowest BCUT2D eigenvalue weighted by molar-refractivity contribution is 0.415. The molecule has 0 heterocycles. The number of phenols is 1. The van der Waals surface area contributed by atoms with E-state index in [1.165, 1.54) is 12.3 Å². The van der Waals surface area contributed by atoms with Crippen LogP contribution in [0.25, 0.3) is 0 Å². The molecule has 0 aliphatic rings. The van der Waals surface area contributed by atoms with Gasteiger partial charge in [-0.05, 0) is 24.3 Å². The van der Waals surface area contributed by atoms with Gasteiger partial charge in [0.25, 0.3) is 0 Å². The summed E-state index contributed by atoms with van der Waals surface area (Å²) in [5.74, 6) is 0.667. The van der Waals surface area contributed by atoms with Crippen LogP contribution in [0.4, 0.5) is 5.69 Å². The summed E-state index contributed by atoms with van der Waals surface area (Å²) in [6, 6.07) is 10.3. The summed E-state index contributed by atoms with van der Waals surface area (Å²) in [7, 11) is 1.59. The molecule has 0 saturated carbocycles. The molecule has 0 unspecified atom stereocenters. The Bertz CT molecular complexity index is 627. The fourth-order valence-corrected chi connectivity index (χ4v) is 2.03. The number of hydrogen-bond acceptors (Lipinski definition) is 3. The highest BCUT2D eigenvalue weighted by Gasteiger charge is 2.05. The van der Waals surface area contributed by atoms with E-state index in [1.54, 1.807) is 19.2 Å². The Balaban J connectivity index is 2.32. The van der Waals surface area contributed by atoms with Crippen LogP contribution in [0.1, 0.15) is 5.56 Å². The summed E-state index contributed by atoms with van der Waals surface area (Å²) in [5, 5.41) is 10.4. The van der Waals surface area contributed by atoms with Crippen molar-refractivity contribution in [3.8, 4) is 11.5 Å². The molecular formula is C14H11Cl2NO2. The lowest BCUT2D eigenvalue weighted by atomic mass is 10.2. The van der Waals surface area contributed by atoms with Gasteiger partial charge in [0.05, 0.1) is 17.8 Å². The Morgan fingerprint density at radius 2 is 2.00 bits per heavy atom. The van der Waals surface area contributed by atoms with E-state index in [0.717, 1.165) is 0 Å². The molecule has 0 aliphatic carbocycles. The molecule has 0 amide bonds. The minimum Gasteiger partial charge on any atom is -0.506 e. The third-order valence-electron chi connectivity index (χ3n) is 2.46. The number of aromatic hydroxyl groups is 1. The molecule has 2 aromatic rings. The van der Waals surface area contributed by atoms with E-state index < -0.39 is 0 Å². The standard InChI is InChI=1S/C14H11Cl2NO2/c1-19-12-4-2-3-11(7-12)17-8-9-5-10(15)6-13(16)14(9)18/h2-8,18H,1H3/b17-8+. The number of phenolic OH excluding ortho intramolecular Hbond substituents is 1. The molecule has 98 valence electrons. The topological polar surface area (TPSA) is 41.8 Å². The van der Waals surface area contributed by atoms with E-state index in [4.69, 9.17) is 27.9 Å². The van der Waals surface area contributed by atoms with Gasteiger partial charge in [-0.1, -0.05) is 29.3 Å². The summed E-state index contributed by atoms with van der Waals surface area (Å²) < 4.78 is 5.10. The summed E-state index contributed by atoms with van der Waals surface area (Å²) in [5.41, 5.74) is 1.16. The molecule has 0 atom stereocenters. The fourth-order valence-electron chi connectivity index (χ4n) is 1.52. The molecular weight excluding hydrogens is 285 g/mol. The molecule has 0 radical (unpaired) electrons. The largest absolute Gasteiger partial charge is 0.506 e. The molecule has 2 rings (SSSR count). The number of ether oxygens (including phenoxy) is 1. The van der Waals surface area contributed by atoms with Gasteiger partial charge in [0.2, 0.25) is 0 Å². The lowest BCUT2D eigenvalue weighted by Crippen LogP contribution is -1.84. The molecule has 0 aliphatic heterocycles. The van der Waals surface area contributed by atoms with E-state index in [0.29, 0.717) is 22.0 Å². The highest BCUT2D eigenvalue weighted by molar-refractivity contribution is 6.36. The molecule has 1 N–H and O–H groups in total. The summed E-state index contributed by atoms with van der Waals surface area (Å²) in [4.78, 5) is 4.25. The zero-order valence-corrected chi connectivity index (χ0v) is 11.6. The maximum absolute atomic E-state index is 9.79. The van der Waals surface area contributed by atoms with E-state index in [1.807, 2.05) is 18.2 Å². The SMILES string of the molecule is COc1cccc(/N=C/c2cc(Cl)cc(Cl)c2O)c1. The van der Waals surface area contributed by atoms with Crippen LogP contribution in [-0.2, 0) is 0 Å². The van der Waals surface area contributed by atoms with Gasteiger partial charge in [0, 0.05) is 22.9 Å². The van der Waals surface area contributed by atoms with Gasteiger partial charge >= 0.3 is 0 Å². The molecule has 19 heavy (non-hydrogen) atoms. The second-order valence-electron chi connectivity index (χ2n) is 3.79. The maximum Gasteiger partial charge on any atom is 0.143 e. The number of aliphatic imine (C=N–C) groups is 1. The van der Waals surface area contributed by atoms with Crippen molar-refractivity contribution in [1.82, 2.24) is 0 Å². The van der Waals surface area contributed by atoms with Gasteiger partial charge in [-0.25, -0.2) is 0 Å². The Morgan fingerprint density at radius 1 is 1.21 bits per heavy atom. The third-order valence-corrected chi connectivity index (χ3v) is 2.97. The Hall–Kier alpha value is -1.71. The van der Waals surface area contributed by atoms with Gasteiger partial charge in [-0.2, -0.15) is 0 Å². The van der Waals surface area contributed by atoms with Crippen molar-refractivity contribution in [2.24, 2.45) is 4.99 Å². The maximum atomic E-state index is 9.79. The van der Waals surface area contributed by atoms with Crippen LogP contribution >= 0.6 is 23.2 Å². The zero-order valence-electron chi connectivity index (χ0n) is 10.1. The van der Waals surface area contributed by atoms with Crippen LogP contribution in [0.2, 0.25) is 10.0 Å². The molecule has 5 heteroatoms. The molecule has 0 bridgehead atoms. The number of methoxy groups -OCH3 is 1. The predicted molar refractivity (Wildman–Crippen MR) is 78.4 cm³/mol. The van der Waals surface area contributed by atoms with Crippen LogP contribution in [0.15, 0.2) is 41.4 Å². The zero-order chi connectivity index (χ0) is 13.8. The minimum absolute atomic E-state index is 0.0438. The number of halogens is 2. The van der Waals surface area contributed by atoms with Crippen molar-refractivity contribution >= 4 is 35.1 Å². The molecule has 0 aromatic heterocycles. The van der Waals surface area contributed by atoms with Crippen molar-refractivity contribution in [3.63, 3.8) is 0 Å². The third kappa shape index (κ3) is 3.40. The molecule has 3 nitrogen and oxygen atoms in total. The van der Waals surface area contributed by atoms with Gasteiger partial charge in [-0.3, -0.25) is 4.99 Å². The van der Waals surface area contributed by atoms with Crippen molar-refractivity contribution in [1.29, 1.82) is 0 Å². The Morgan fingerprint density at radius 3 is 2.74 bits per heavy atom. The number of nitrogens with zero attached hydrogens (tertiary/aromatic N) is 1. The Kier molecular flexibility index (Phi) is 4.30. The lowest BCUT2D eigenvalue weighted by Gasteiger charge is -2.03. The second kappa shape index (κ2) is 5.95. The molecule has 0 saturated heterocycles. The van der Waals surface area contributed by atoms with Crippen LogP contribution < -0.4 is 4.74 Å². The monoisotopic (exact) mass is 295 g/mol. The fraction of sp³-hybridized carbons (Fsp3) is 0.0714. The summed E-state index contributed by atoms with van der Waals surface area (Å²) >= 11 is 11.7. The first-order valence-electron chi connectivity index (χ1n) is 5.46. The van der Waals surface area contributed by atoms with Crippen molar-refractivity contribution < 1.29 is 9.84 Å². The number of hydrogen-bond donors (Lipinski definition) is 1. The summed E-state index contributed by atoms with van der Waals surface area (Å²) in [6.45, 7) is 0. The van der Waals surface area contributed by atoms with Crippen molar-refractivity contribution in [2.75, 3.05) is 7.11 Å². The van der Waals surface area contributed by atoms with Crippen molar-refractivity contribution in [3.05, 3.63) is 52.0 Å². The highest BCUT2D eigenvalue weighted by Crippen LogP contribution is 2.30. The smallest absolute Gasteiger partial charge is 0.143 e. The van der Waals surface area contributed by atoms with Gasteiger partial charge < -0.3 is 9.84 Å². The first kappa shape index (κ1) is 13.7. The van der Waals surface area contributed by atoms with Gasteiger partial charge in [-0.15, -0.1) is 0 Å². The molecule has 2 aromatic carbocycles. The van der Waals surface area contributed by atoms with Crippen LogP contribution in [0.5, 0.6) is 11.5 Å². The van der Waals surface area contributed by atoms with Gasteiger partial charge in [0.1, 0.15) is 11.5 Å². The van der Waals surface area contributed by atoms with E-state index in [-0.39, 0.29) is 10.8 Å². The predicted octanol–water partition coefficient (Wildman–Crippen LogP) is 4.46. The van der Waals surface area contributed by atoms with Crippen LogP contribution in [0, 0.1) is 0 Å². The highest BCUT2D eigenvalue weighted by atomic mass is 35.5. The van der Waals surface area contributed by atoms with E-state index in [2.05, 4.69) is 4.99 Å². The Labute approximate surface area is 121 Å². The quantitative estimate of drug-likeness (QED) is 0.850. The molecule has 0 spiro atoms. The average Bonchev–Trinajstić information content (AvgIpc) is 2.41. The van der Waals surface area contributed by atoms with Crippen LogP contribution in [-0.4, -0.2) is 18.4 Å². The first-order valence-corrected chi connectivity index (χ1v) is 6.22. The van der Waals surface area contributed by atoms with Crippen LogP contribution in [0.3, 0.4) is 0 Å². The minimum atomic E-state index is -0.0438. The van der Waals surface area contributed by atoms with E-state index >= 15 is 0 Å². The number of rotatable bonds is 3. The number of benzene rings is 2. The summed E-state index contributed by atoms with van der Waals surface area (Å²) in [6.07, 6.45) is 1.50. The normalized spacial score (nSPS) is 10.9.